The molecule has 2 aromatic heterocycles. The maximum Gasteiger partial charge on any atom is 0.156 e. The molecule has 0 saturated carbocycles. The van der Waals surface area contributed by atoms with Crippen molar-refractivity contribution in [3.05, 3.63) is 30.0 Å². The van der Waals surface area contributed by atoms with Gasteiger partial charge in [-0.05, 0) is 25.5 Å². The van der Waals surface area contributed by atoms with E-state index in [1.54, 1.807) is 6.20 Å². The van der Waals surface area contributed by atoms with Gasteiger partial charge in [0.15, 0.2) is 5.82 Å². The molecule has 2 heterocycles. The molecule has 0 bridgehead atoms. The number of hydrogen-bond donors (Lipinski definition) is 2. The molecular weight excluding hydrogens is 226 g/mol. The molecule has 0 amide bonds. The fraction of sp³-hybridized carbons (Fsp3) is 0.462. The van der Waals surface area contributed by atoms with E-state index in [4.69, 9.17) is 0 Å². The van der Waals surface area contributed by atoms with Gasteiger partial charge in [0, 0.05) is 18.4 Å². The third-order valence-electron chi connectivity index (χ3n) is 2.52. The number of aromatic nitrogens is 4. The second-order valence-corrected chi connectivity index (χ2v) is 4.77. The Morgan fingerprint density at radius 3 is 2.89 bits per heavy atom. The van der Waals surface area contributed by atoms with Crippen LogP contribution >= 0.6 is 0 Å². The van der Waals surface area contributed by atoms with Crippen molar-refractivity contribution in [2.45, 2.75) is 27.3 Å². The first kappa shape index (κ1) is 12.7. The molecule has 0 aromatic carbocycles. The van der Waals surface area contributed by atoms with E-state index in [-0.39, 0.29) is 0 Å². The lowest BCUT2D eigenvalue weighted by molar-refractivity contribution is 0.549. The Bertz CT molecular complexity index is 504. The van der Waals surface area contributed by atoms with Crippen molar-refractivity contribution in [3.63, 3.8) is 0 Å². The van der Waals surface area contributed by atoms with Crippen LogP contribution < -0.4 is 5.32 Å². The summed E-state index contributed by atoms with van der Waals surface area (Å²) in [7, 11) is 0. The number of aromatic amines is 1. The summed E-state index contributed by atoms with van der Waals surface area (Å²) >= 11 is 0. The fourth-order valence-electron chi connectivity index (χ4n) is 1.66. The second kappa shape index (κ2) is 5.73. The Balaban J connectivity index is 2.02. The summed E-state index contributed by atoms with van der Waals surface area (Å²) in [5.41, 5.74) is 1.90. The molecule has 0 atom stereocenters. The maximum atomic E-state index is 4.34. The molecule has 2 aromatic rings. The van der Waals surface area contributed by atoms with Crippen LogP contribution in [0.3, 0.4) is 0 Å². The number of imidazole rings is 1. The van der Waals surface area contributed by atoms with E-state index >= 15 is 0 Å². The number of nitrogens with zero attached hydrogens (tertiary/aromatic N) is 3. The van der Waals surface area contributed by atoms with Gasteiger partial charge in [-0.25, -0.2) is 15.0 Å². The van der Waals surface area contributed by atoms with E-state index in [0.29, 0.717) is 5.92 Å². The molecular formula is C13H19N5. The van der Waals surface area contributed by atoms with E-state index in [2.05, 4.69) is 39.1 Å². The van der Waals surface area contributed by atoms with Crippen LogP contribution in [0.25, 0.3) is 11.5 Å². The molecule has 18 heavy (non-hydrogen) atoms. The summed E-state index contributed by atoms with van der Waals surface area (Å²) in [5, 5.41) is 3.37. The zero-order valence-electron chi connectivity index (χ0n) is 11.1. The number of nitrogens with one attached hydrogen (secondary N) is 2. The summed E-state index contributed by atoms with van der Waals surface area (Å²) < 4.78 is 0. The molecule has 2 rings (SSSR count). The molecule has 96 valence electrons. The van der Waals surface area contributed by atoms with E-state index in [1.807, 2.05) is 19.2 Å². The van der Waals surface area contributed by atoms with E-state index in [1.165, 1.54) is 0 Å². The van der Waals surface area contributed by atoms with Crippen molar-refractivity contribution in [1.29, 1.82) is 0 Å². The lowest BCUT2D eigenvalue weighted by atomic mass is 10.2. The highest BCUT2D eigenvalue weighted by Gasteiger charge is 2.05. The van der Waals surface area contributed by atoms with Gasteiger partial charge in [0.1, 0.15) is 11.5 Å². The van der Waals surface area contributed by atoms with Gasteiger partial charge in [0.2, 0.25) is 0 Å². The Labute approximate surface area is 107 Å². The smallest absolute Gasteiger partial charge is 0.156 e. The van der Waals surface area contributed by atoms with Crippen LogP contribution in [0, 0.1) is 12.8 Å². The topological polar surface area (TPSA) is 66.5 Å². The first-order chi connectivity index (χ1) is 8.65. The van der Waals surface area contributed by atoms with Crippen LogP contribution in [0.2, 0.25) is 0 Å². The van der Waals surface area contributed by atoms with Crippen LogP contribution in [-0.4, -0.2) is 26.5 Å². The van der Waals surface area contributed by atoms with Gasteiger partial charge >= 0.3 is 0 Å². The molecule has 2 N–H and O–H groups in total. The fourth-order valence-corrected chi connectivity index (χ4v) is 1.66. The predicted octanol–water partition coefficient (Wildman–Crippen LogP) is 1.92. The summed E-state index contributed by atoms with van der Waals surface area (Å²) in [6.45, 7) is 8.05. The zero-order valence-corrected chi connectivity index (χ0v) is 11.1. The van der Waals surface area contributed by atoms with Gasteiger partial charge in [-0.2, -0.15) is 0 Å². The predicted molar refractivity (Wildman–Crippen MR) is 70.9 cm³/mol. The molecule has 0 fully saturated rings. The minimum atomic E-state index is 0.650. The average Bonchev–Trinajstić information content (AvgIpc) is 2.77. The quantitative estimate of drug-likeness (QED) is 0.844. The molecule has 0 aliphatic heterocycles. The van der Waals surface area contributed by atoms with Crippen LogP contribution in [0.15, 0.2) is 18.5 Å². The average molecular weight is 245 g/mol. The van der Waals surface area contributed by atoms with E-state index < -0.39 is 0 Å². The largest absolute Gasteiger partial charge is 0.339 e. The number of rotatable bonds is 5. The Kier molecular flexibility index (Phi) is 4.04. The first-order valence-electron chi connectivity index (χ1n) is 6.20. The Hall–Kier alpha value is -1.75. The summed E-state index contributed by atoms with van der Waals surface area (Å²) in [5.74, 6) is 2.20. The monoisotopic (exact) mass is 245 g/mol. The van der Waals surface area contributed by atoms with Crippen LogP contribution in [-0.2, 0) is 6.54 Å². The van der Waals surface area contributed by atoms with Crippen molar-refractivity contribution >= 4 is 0 Å². The molecule has 5 heteroatoms. The van der Waals surface area contributed by atoms with Gasteiger partial charge in [-0.15, -0.1) is 0 Å². The summed E-state index contributed by atoms with van der Waals surface area (Å²) in [6.07, 6.45) is 3.59. The van der Waals surface area contributed by atoms with Crippen molar-refractivity contribution in [3.8, 4) is 11.5 Å². The second-order valence-electron chi connectivity index (χ2n) is 4.77. The van der Waals surface area contributed by atoms with E-state index in [0.717, 1.165) is 36.1 Å². The summed E-state index contributed by atoms with van der Waals surface area (Å²) in [4.78, 5) is 16.0. The van der Waals surface area contributed by atoms with Crippen molar-refractivity contribution < 1.29 is 0 Å². The van der Waals surface area contributed by atoms with Gasteiger partial charge in [-0.3, -0.25) is 0 Å². The minimum absolute atomic E-state index is 0.650. The molecule has 0 aliphatic carbocycles. The molecule has 5 nitrogen and oxygen atoms in total. The molecule has 0 aliphatic rings. The zero-order chi connectivity index (χ0) is 13.0. The van der Waals surface area contributed by atoms with E-state index in [9.17, 15) is 0 Å². The summed E-state index contributed by atoms with van der Waals surface area (Å²) in [6, 6.07) is 1.86. The maximum absolute atomic E-state index is 4.34. The standard InChI is InChI=1S/C13H19N5/c1-9(2)6-14-7-11-8-16-13(18-11)12-4-5-15-10(3)17-12/h4-5,8-9,14H,6-7H2,1-3H3,(H,16,18). The highest BCUT2D eigenvalue weighted by atomic mass is 15.0. The Morgan fingerprint density at radius 2 is 2.17 bits per heavy atom. The number of aryl methyl sites for hydroxylation is 1. The van der Waals surface area contributed by atoms with Gasteiger partial charge in [0.25, 0.3) is 0 Å². The third-order valence-corrected chi connectivity index (χ3v) is 2.52. The van der Waals surface area contributed by atoms with Gasteiger partial charge < -0.3 is 10.3 Å². The third kappa shape index (κ3) is 3.37. The Morgan fingerprint density at radius 1 is 1.33 bits per heavy atom. The highest BCUT2D eigenvalue weighted by Crippen LogP contribution is 2.12. The lowest BCUT2D eigenvalue weighted by Crippen LogP contribution is -2.19. The minimum Gasteiger partial charge on any atom is -0.339 e. The highest BCUT2D eigenvalue weighted by molar-refractivity contribution is 5.48. The van der Waals surface area contributed by atoms with Crippen molar-refractivity contribution in [2.75, 3.05) is 6.54 Å². The van der Waals surface area contributed by atoms with Crippen LogP contribution in [0.4, 0.5) is 0 Å². The molecule has 0 unspecified atom stereocenters. The van der Waals surface area contributed by atoms with Crippen LogP contribution in [0.1, 0.15) is 25.4 Å². The SMILES string of the molecule is Cc1nccc(-c2ncc(CNCC(C)C)[nH]2)n1. The van der Waals surface area contributed by atoms with Crippen molar-refractivity contribution in [2.24, 2.45) is 5.92 Å². The first-order valence-corrected chi connectivity index (χ1v) is 6.20. The number of H-pyrrole nitrogens is 1. The van der Waals surface area contributed by atoms with Gasteiger partial charge in [-0.1, -0.05) is 13.8 Å². The van der Waals surface area contributed by atoms with Crippen LogP contribution in [0.5, 0.6) is 0 Å². The lowest BCUT2D eigenvalue weighted by Gasteiger charge is -2.05. The molecule has 0 spiro atoms. The van der Waals surface area contributed by atoms with Gasteiger partial charge in [0.05, 0.1) is 6.20 Å². The molecule has 0 saturated heterocycles. The van der Waals surface area contributed by atoms with Crippen molar-refractivity contribution in [1.82, 2.24) is 25.3 Å². The molecule has 0 radical (unpaired) electrons. The number of hydrogen-bond acceptors (Lipinski definition) is 4. The normalized spacial score (nSPS) is 11.1.